The van der Waals surface area contributed by atoms with E-state index in [9.17, 15) is 17.3 Å². The first-order valence-corrected chi connectivity index (χ1v) is 16.7. The summed E-state index contributed by atoms with van der Waals surface area (Å²) in [4.78, 5) is 0. The van der Waals surface area contributed by atoms with Crippen LogP contribution in [0.5, 0.6) is 0 Å². The van der Waals surface area contributed by atoms with Crippen LogP contribution >= 0.6 is 7.87 Å². The molecule has 3 saturated carbocycles. The van der Waals surface area contributed by atoms with Crippen molar-refractivity contribution < 1.29 is 17.3 Å². The van der Waals surface area contributed by atoms with Crippen LogP contribution in [-0.2, 0) is 0 Å². The number of hydrogen-bond acceptors (Lipinski definition) is 4. The van der Waals surface area contributed by atoms with Gasteiger partial charge in [0, 0.05) is 23.8 Å². The lowest BCUT2D eigenvalue weighted by Crippen LogP contribution is -2.54. The van der Waals surface area contributed by atoms with E-state index in [-0.39, 0.29) is 0 Å². The molecule has 36 heavy (non-hydrogen) atoms. The molecule has 0 aromatic heterocycles. The van der Waals surface area contributed by atoms with Gasteiger partial charge in [0.2, 0.25) is 0 Å². The first-order valence-electron chi connectivity index (χ1n) is 14.9. The predicted molar refractivity (Wildman–Crippen MR) is 146 cm³/mol. The summed E-state index contributed by atoms with van der Waals surface area (Å²) >= 11 is 0. The molecule has 4 rings (SSSR count). The van der Waals surface area contributed by atoms with Crippen molar-refractivity contribution in [2.45, 2.75) is 153 Å². The van der Waals surface area contributed by atoms with Gasteiger partial charge in [-0.1, -0.05) is 76.7 Å². The second-order valence-corrected chi connectivity index (χ2v) is 13.7. The minimum Gasteiger partial charge on any atom is -0.418 e. The van der Waals surface area contributed by atoms with Crippen molar-refractivity contribution in [2.75, 3.05) is 0 Å². The van der Waals surface area contributed by atoms with Crippen LogP contribution in [0.4, 0.5) is 17.3 Å². The molecule has 210 valence electrons. The minimum atomic E-state index is -6.00. The minimum absolute atomic E-state index is 0.663. The molecule has 0 saturated heterocycles. The summed E-state index contributed by atoms with van der Waals surface area (Å²) in [5.41, 5.74) is 1.52. The molecule has 0 aliphatic heterocycles. The van der Waals surface area contributed by atoms with Gasteiger partial charge in [0.15, 0.2) is 0 Å². The summed E-state index contributed by atoms with van der Waals surface area (Å²) in [7, 11) is -7.87. The maximum Gasteiger partial charge on any atom is 0.673 e. The average molecular weight is 536 g/mol. The van der Waals surface area contributed by atoms with Crippen LogP contribution in [0.2, 0.25) is 0 Å². The van der Waals surface area contributed by atoms with E-state index in [4.69, 9.17) is 0 Å². The van der Waals surface area contributed by atoms with E-state index in [0.717, 1.165) is 0 Å². The molecule has 0 aromatic carbocycles. The number of rotatable bonds is 8. The Morgan fingerprint density at radius 2 is 0.917 bits per heavy atom. The van der Waals surface area contributed by atoms with E-state index in [2.05, 4.69) is 26.4 Å². The van der Waals surface area contributed by atoms with Crippen molar-refractivity contribution >= 4 is 15.1 Å². The lowest BCUT2D eigenvalue weighted by Gasteiger charge is -2.39. The van der Waals surface area contributed by atoms with Gasteiger partial charge in [0.25, 0.3) is 0 Å². The standard InChI is InChI=1S/C26H50N4P.BF4/c1-2-7-15-23(16-8-3-1)27-31(28-24-17-9-4-10-18-24,29-25-19-11-5-12-20-25)30-26-21-13-6-14-22-26;2-1(3,4)5/h15,24-30H,1-14,16-22H2;/q+1;-1/b23-15+;. The Hall–Kier alpha value is -0.365. The maximum absolute atomic E-state index is 9.75. The van der Waals surface area contributed by atoms with E-state index in [1.807, 2.05) is 0 Å². The molecule has 0 radical (unpaired) electrons. The van der Waals surface area contributed by atoms with Gasteiger partial charge in [-0.2, -0.15) is 0 Å². The molecule has 0 bridgehead atoms. The Labute approximate surface area is 217 Å². The molecule has 0 atom stereocenters. The molecule has 10 heteroatoms. The van der Waals surface area contributed by atoms with Gasteiger partial charge in [0.1, 0.15) is 0 Å². The highest BCUT2D eigenvalue weighted by molar-refractivity contribution is 7.68. The molecule has 0 amide bonds. The molecule has 0 aromatic rings. The van der Waals surface area contributed by atoms with Crippen LogP contribution in [0.1, 0.15) is 135 Å². The average Bonchev–Trinajstić information content (AvgIpc) is 2.82. The van der Waals surface area contributed by atoms with Crippen LogP contribution in [0.3, 0.4) is 0 Å². The fourth-order valence-electron chi connectivity index (χ4n) is 6.23. The largest absolute Gasteiger partial charge is 0.673 e. The highest BCUT2D eigenvalue weighted by Gasteiger charge is 2.46. The molecule has 4 aliphatic rings. The summed E-state index contributed by atoms with van der Waals surface area (Å²) < 4.78 is 39.0. The van der Waals surface area contributed by atoms with E-state index in [0.29, 0.717) is 18.1 Å². The van der Waals surface area contributed by atoms with Crippen molar-refractivity contribution in [3.05, 3.63) is 11.8 Å². The van der Waals surface area contributed by atoms with Crippen LogP contribution in [0.15, 0.2) is 11.8 Å². The summed E-state index contributed by atoms with van der Waals surface area (Å²) in [6.07, 6.45) is 31.3. The normalized spacial score (nSPS) is 25.6. The van der Waals surface area contributed by atoms with Crippen LogP contribution in [0.25, 0.3) is 0 Å². The second-order valence-electron chi connectivity index (χ2n) is 11.4. The Morgan fingerprint density at radius 3 is 1.33 bits per heavy atom. The monoisotopic (exact) mass is 536 g/mol. The van der Waals surface area contributed by atoms with E-state index >= 15 is 0 Å². The lowest BCUT2D eigenvalue weighted by atomic mass is 9.96. The third-order valence-corrected chi connectivity index (χ3v) is 10.9. The molecule has 0 spiro atoms. The molecule has 3 fully saturated rings. The van der Waals surface area contributed by atoms with Crippen molar-refractivity contribution in [3.8, 4) is 0 Å². The fourth-order valence-corrected chi connectivity index (χ4v) is 9.70. The third-order valence-electron chi connectivity index (χ3n) is 8.05. The zero-order chi connectivity index (χ0) is 25.7. The summed E-state index contributed by atoms with van der Waals surface area (Å²) in [6.45, 7) is 0. The summed E-state index contributed by atoms with van der Waals surface area (Å²) in [5.74, 6) is 0. The Bertz CT molecular complexity index is 578. The zero-order valence-electron chi connectivity index (χ0n) is 22.2. The smallest absolute Gasteiger partial charge is 0.418 e. The summed E-state index contributed by atoms with van der Waals surface area (Å²) in [6, 6.07) is 1.99. The Kier molecular flexibility index (Phi) is 13.3. The maximum atomic E-state index is 9.75. The van der Waals surface area contributed by atoms with Crippen molar-refractivity contribution in [2.24, 2.45) is 0 Å². The van der Waals surface area contributed by atoms with Gasteiger partial charge >= 0.3 is 15.1 Å². The quantitative estimate of drug-likeness (QED) is 0.143. The van der Waals surface area contributed by atoms with Gasteiger partial charge in [-0.05, 0) is 64.2 Å². The van der Waals surface area contributed by atoms with Gasteiger partial charge in [-0.3, -0.25) is 0 Å². The predicted octanol–water partition coefficient (Wildman–Crippen LogP) is 8.56. The highest BCUT2D eigenvalue weighted by Crippen LogP contribution is 2.48. The third kappa shape index (κ3) is 12.5. The molecule has 0 unspecified atom stereocenters. The molecule has 4 nitrogen and oxygen atoms in total. The van der Waals surface area contributed by atoms with Crippen molar-refractivity contribution in [1.29, 1.82) is 0 Å². The molecule has 0 heterocycles. The molecule has 4 N–H and O–H groups in total. The van der Waals surface area contributed by atoms with Gasteiger partial charge < -0.3 is 17.3 Å². The second kappa shape index (κ2) is 15.9. The van der Waals surface area contributed by atoms with Crippen molar-refractivity contribution in [3.63, 3.8) is 0 Å². The first-order chi connectivity index (χ1) is 17.3. The SMILES string of the molecule is C1=C(/N[P+](NC2CCCCC2)(NC2CCCCC2)NC2CCCCC2)CCCCCC/1.F[B-](F)(F)F. The topological polar surface area (TPSA) is 48.1 Å². The van der Waals surface area contributed by atoms with E-state index in [1.165, 1.54) is 141 Å². The highest BCUT2D eigenvalue weighted by atomic mass is 31.2. The fraction of sp³-hybridized carbons (Fsp3) is 0.923. The van der Waals surface area contributed by atoms with E-state index in [1.54, 1.807) is 0 Å². The number of hydrogen-bond donors (Lipinski definition) is 4. The summed E-state index contributed by atoms with van der Waals surface area (Å²) in [5, 5.41) is 17.1. The first kappa shape index (κ1) is 30.2. The number of halogens is 4. The van der Waals surface area contributed by atoms with Gasteiger partial charge in [-0.25, -0.2) is 5.09 Å². The van der Waals surface area contributed by atoms with Crippen LogP contribution in [0, 0.1) is 0 Å². The van der Waals surface area contributed by atoms with Crippen molar-refractivity contribution in [1.82, 2.24) is 20.3 Å². The Balaban J connectivity index is 0.000000658. The van der Waals surface area contributed by atoms with Crippen LogP contribution in [-0.4, -0.2) is 25.4 Å². The molecule has 4 aliphatic carbocycles. The lowest BCUT2D eigenvalue weighted by molar-refractivity contribution is 0.368. The van der Waals surface area contributed by atoms with E-state index < -0.39 is 15.1 Å². The molecular formula is C26H50BF4N4P. The number of allylic oxidation sites excluding steroid dienone is 2. The van der Waals surface area contributed by atoms with Gasteiger partial charge in [-0.15, -0.1) is 15.3 Å². The Morgan fingerprint density at radius 1 is 0.556 bits per heavy atom. The molecular weight excluding hydrogens is 486 g/mol. The van der Waals surface area contributed by atoms with Gasteiger partial charge in [0.05, 0.1) is 0 Å². The number of nitrogens with one attached hydrogen (secondary N) is 4. The zero-order valence-corrected chi connectivity index (χ0v) is 23.1. The van der Waals surface area contributed by atoms with Crippen LogP contribution < -0.4 is 20.3 Å².